The van der Waals surface area contributed by atoms with Crippen molar-refractivity contribution in [2.75, 3.05) is 26.2 Å². The van der Waals surface area contributed by atoms with Crippen LogP contribution in [0.25, 0.3) is 11.2 Å². The molecule has 2 aromatic heterocycles. The number of piperazine rings is 1. The molecule has 0 radical (unpaired) electrons. The van der Waals surface area contributed by atoms with Gasteiger partial charge in [0.15, 0.2) is 11.2 Å². The normalized spacial score (nSPS) is 15.9. The lowest BCUT2D eigenvalue weighted by atomic mass is 10.1. The second-order valence-corrected chi connectivity index (χ2v) is 10.9. The van der Waals surface area contributed by atoms with Crippen LogP contribution in [-0.2, 0) is 30.2 Å². The summed E-state index contributed by atoms with van der Waals surface area (Å²) >= 11 is 0. The van der Waals surface area contributed by atoms with Crippen molar-refractivity contribution in [1.29, 1.82) is 0 Å². The number of nitrogens with one attached hydrogen (secondary N) is 1. The summed E-state index contributed by atoms with van der Waals surface area (Å²) in [5.41, 5.74) is 1.90. The Morgan fingerprint density at radius 3 is 2.41 bits per heavy atom. The molecule has 0 unspecified atom stereocenters. The number of benzene rings is 1. The minimum atomic E-state index is -3.55. The molecule has 0 amide bonds. The molecule has 0 aliphatic carbocycles. The van der Waals surface area contributed by atoms with Gasteiger partial charge in [-0.25, -0.2) is 18.2 Å². The van der Waals surface area contributed by atoms with Gasteiger partial charge in [-0.3, -0.25) is 19.2 Å². The van der Waals surface area contributed by atoms with Gasteiger partial charge in [0.2, 0.25) is 10.0 Å². The second-order valence-electron chi connectivity index (χ2n) is 8.95. The van der Waals surface area contributed by atoms with E-state index < -0.39 is 21.3 Å². The van der Waals surface area contributed by atoms with E-state index in [1.807, 2.05) is 26.8 Å². The summed E-state index contributed by atoms with van der Waals surface area (Å²) in [5.74, 6) is 0.668. The van der Waals surface area contributed by atoms with Crippen LogP contribution in [-0.4, -0.2) is 62.9 Å². The first-order valence-corrected chi connectivity index (χ1v) is 13.1. The molecular formula is C23H32N6O4S. The summed E-state index contributed by atoms with van der Waals surface area (Å²) in [5, 5.41) is 0. The quantitative estimate of drug-likeness (QED) is 0.537. The van der Waals surface area contributed by atoms with Crippen molar-refractivity contribution in [3.8, 4) is 0 Å². The van der Waals surface area contributed by atoms with Gasteiger partial charge < -0.3 is 4.57 Å². The molecule has 34 heavy (non-hydrogen) atoms. The molecule has 4 rings (SSSR count). The average molecular weight is 489 g/mol. The molecule has 0 atom stereocenters. The summed E-state index contributed by atoms with van der Waals surface area (Å²) in [6, 6.07) is 5.23. The van der Waals surface area contributed by atoms with Crippen molar-refractivity contribution in [1.82, 2.24) is 28.3 Å². The van der Waals surface area contributed by atoms with Crippen molar-refractivity contribution in [3.63, 3.8) is 0 Å². The van der Waals surface area contributed by atoms with E-state index >= 15 is 0 Å². The molecule has 184 valence electrons. The number of aryl methyl sites for hydroxylation is 4. The number of aromatic nitrogens is 4. The Morgan fingerprint density at radius 1 is 1.06 bits per heavy atom. The highest BCUT2D eigenvalue weighted by molar-refractivity contribution is 7.89. The predicted molar refractivity (Wildman–Crippen MR) is 130 cm³/mol. The largest absolute Gasteiger partial charge is 0.330 e. The van der Waals surface area contributed by atoms with Crippen LogP contribution in [0, 0.1) is 13.8 Å². The molecule has 1 aromatic carbocycles. The zero-order valence-electron chi connectivity index (χ0n) is 20.2. The van der Waals surface area contributed by atoms with Crippen molar-refractivity contribution >= 4 is 21.2 Å². The van der Waals surface area contributed by atoms with E-state index in [0.29, 0.717) is 61.2 Å². The number of sulfonamides is 1. The molecule has 0 bridgehead atoms. The SMILES string of the molecule is CCCCn1c(=O)[nH]c(=O)c2c1nc(CN1CCN(S(=O)(=O)c3ccc(C)c(C)c3)CC1)n2C. The van der Waals surface area contributed by atoms with E-state index in [4.69, 9.17) is 0 Å². The Hall–Kier alpha value is -2.76. The molecular weight excluding hydrogens is 456 g/mol. The number of nitrogens with zero attached hydrogens (tertiary/aromatic N) is 5. The van der Waals surface area contributed by atoms with Gasteiger partial charge in [-0.05, 0) is 43.5 Å². The summed E-state index contributed by atoms with van der Waals surface area (Å²) in [7, 11) is -1.78. The van der Waals surface area contributed by atoms with Gasteiger partial charge in [0, 0.05) is 39.8 Å². The molecule has 10 nitrogen and oxygen atoms in total. The molecule has 3 aromatic rings. The fourth-order valence-corrected chi connectivity index (χ4v) is 5.82. The van der Waals surface area contributed by atoms with Crippen LogP contribution in [0.4, 0.5) is 0 Å². The predicted octanol–water partition coefficient (Wildman–Crippen LogP) is 1.35. The highest BCUT2D eigenvalue weighted by Gasteiger charge is 2.29. The number of rotatable bonds is 7. The van der Waals surface area contributed by atoms with Crippen LogP contribution >= 0.6 is 0 Å². The van der Waals surface area contributed by atoms with Gasteiger partial charge in [-0.1, -0.05) is 19.4 Å². The monoisotopic (exact) mass is 488 g/mol. The smallest absolute Gasteiger partial charge is 0.324 e. The Morgan fingerprint density at radius 2 is 1.76 bits per heavy atom. The van der Waals surface area contributed by atoms with Crippen molar-refractivity contribution in [3.05, 3.63) is 56.0 Å². The Kier molecular flexibility index (Phi) is 6.79. The first-order chi connectivity index (χ1) is 16.1. The van der Waals surface area contributed by atoms with E-state index in [-0.39, 0.29) is 0 Å². The van der Waals surface area contributed by atoms with Crippen LogP contribution in [0.15, 0.2) is 32.7 Å². The van der Waals surface area contributed by atoms with Crippen LogP contribution in [0.1, 0.15) is 36.7 Å². The minimum absolute atomic E-state index is 0.323. The van der Waals surface area contributed by atoms with Crippen LogP contribution in [0.2, 0.25) is 0 Å². The second kappa shape index (κ2) is 9.47. The van der Waals surface area contributed by atoms with Gasteiger partial charge >= 0.3 is 5.69 Å². The van der Waals surface area contributed by atoms with E-state index in [0.717, 1.165) is 24.0 Å². The highest BCUT2D eigenvalue weighted by Crippen LogP contribution is 2.21. The number of unbranched alkanes of at least 4 members (excludes halogenated alkanes) is 1. The fourth-order valence-electron chi connectivity index (χ4n) is 4.31. The van der Waals surface area contributed by atoms with Gasteiger partial charge in [-0.15, -0.1) is 0 Å². The third kappa shape index (κ3) is 4.47. The zero-order valence-corrected chi connectivity index (χ0v) is 21.0. The Bertz CT molecular complexity index is 1430. The average Bonchev–Trinajstić information content (AvgIpc) is 3.12. The maximum Gasteiger partial charge on any atom is 0.330 e. The maximum atomic E-state index is 13.1. The van der Waals surface area contributed by atoms with E-state index in [1.165, 1.54) is 8.87 Å². The van der Waals surface area contributed by atoms with Crippen molar-refractivity contribution in [2.24, 2.45) is 7.05 Å². The topological polar surface area (TPSA) is 113 Å². The molecule has 1 fully saturated rings. The summed E-state index contributed by atoms with van der Waals surface area (Å²) in [4.78, 5) is 34.3. The lowest BCUT2D eigenvalue weighted by Gasteiger charge is -2.33. The number of hydrogen-bond acceptors (Lipinski definition) is 6. The van der Waals surface area contributed by atoms with E-state index in [2.05, 4.69) is 14.9 Å². The number of fused-ring (bicyclic) bond motifs is 1. The van der Waals surface area contributed by atoms with E-state index in [9.17, 15) is 18.0 Å². The standard InChI is InChI=1S/C23H32N6O4S/c1-5-6-9-29-21-20(22(30)25-23(29)31)26(4)19(24-21)15-27-10-12-28(13-11-27)34(32,33)18-8-7-16(2)17(3)14-18/h7-8,14H,5-6,9-13,15H2,1-4H3,(H,25,30,31). The Labute approximate surface area is 198 Å². The zero-order chi connectivity index (χ0) is 24.6. The molecule has 3 heterocycles. The summed E-state index contributed by atoms with van der Waals surface area (Å²) < 4.78 is 31.0. The molecule has 11 heteroatoms. The fraction of sp³-hybridized carbons (Fsp3) is 0.522. The molecule has 1 N–H and O–H groups in total. The number of aromatic amines is 1. The van der Waals surface area contributed by atoms with Gasteiger partial charge in [0.25, 0.3) is 5.56 Å². The Balaban J connectivity index is 1.52. The van der Waals surface area contributed by atoms with Crippen LogP contribution in [0.5, 0.6) is 0 Å². The third-order valence-corrected chi connectivity index (χ3v) is 8.55. The van der Waals surface area contributed by atoms with Gasteiger partial charge in [0.1, 0.15) is 5.82 Å². The number of H-pyrrole nitrogens is 1. The maximum absolute atomic E-state index is 13.1. The van der Waals surface area contributed by atoms with Gasteiger partial charge in [-0.2, -0.15) is 4.31 Å². The summed E-state index contributed by atoms with van der Waals surface area (Å²) in [6.07, 6.45) is 1.73. The summed E-state index contributed by atoms with van der Waals surface area (Å²) in [6.45, 7) is 8.72. The molecule has 0 saturated carbocycles. The minimum Gasteiger partial charge on any atom is -0.324 e. The first-order valence-electron chi connectivity index (χ1n) is 11.6. The molecule has 1 aliphatic heterocycles. The molecule has 0 spiro atoms. The highest BCUT2D eigenvalue weighted by atomic mass is 32.2. The van der Waals surface area contributed by atoms with E-state index in [1.54, 1.807) is 23.7 Å². The number of hydrogen-bond donors (Lipinski definition) is 1. The lowest BCUT2D eigenvalue weighted by Crippen LogP contribution is -2.48. The molecule has 1 aliphatic rings. The number of imidazole rings is 1. The molecule has 1 saturated heterocycles. The first kappa shape index (κ1) is 24.4. The van der Waals surface area contributed by atoms with Crippen LogP contribution < -0.4 is 11.2 Å². The third-order valence-electron chi connectivity index (χ3n) is 6.65. The van der Waals surface area contributed by atoms with Gasteiger partial charge in [0.05, 0.1) is 11.4 Å². The van der Waals surface area contributed by atoms with Crippen molar-refractivity contribution in [2.45, 2.75) is 51.6 Å². The lowest BCUT2D eigenvalue weighted by molar-refractivity contribution is 0.177. The van der Waals surface area contributed by atoms with Crippen LogP contribution in [0.3, 0.4) is 0 Å². The van der Waals surface area contributed by atoms with Crippen molar-refractivity contribution < 1.29 is 8.42 Å².